The third-order valence-electron chi connectivity index (χ3n) is 13.6. The Hall–Kier alpha value is -5.04. The van der Waals surface area contributed by atoms with E-state index in [0.717, 1.165) is 24.2 Å². The highest BCUT2D eigenvalue weighted by molar-refractivity contribution is 5.85. The van der Waals surface area contributed by atoms with Gasteiger partial charge in [0.15, 0.2) is 11.9 Å². The van der Waals surface area contributed by atoms with Gasteiger partial charge in [-0.15, -0.1) is 0 Å². The van der Waals surface area contributed by atoms with Crippen LogP contribution in [0.1, 0.15) is 110 Å². The Balaban J connectivity index is 1.41. The number of alkyl carbamates (subject to hydrolysis) is 2. The fraction of sp³-hybridized carbons (Fsp3) is 0.667. The number of carbonyl (C=O) groups excluding carboxylic acids is 5. The number of esters is 2. The molecule has 66 heavy (non-hydrogen) atoms. The van der Waals surface area contributed by atoms with Crippen molar-refractivity contribution in [2.24, 2.45) is 23.7 Å². The average molecular weight is 921 g/mol. The van der Waals surface area contributed by atoms with Crippen molar-refractivity contribution >= 4 is 36.0 Å². The summed E-state index contributed by atoms with van der Waals surface area (Å²) in [6.45, 7) is 13.5. The van der Waals surface area contributed by atoms with E-state index in [2.05, 4.69) is 25.6 Å². The van der Waals surface area contributed by atoms with Crippen LogP contribution in [-0.4, -0.2) is 136 Å². The summed E-state index contributed by atoms with van der Waals surface area (Å²) in [5.41, 5.74) is -1.94. The van der Waals surface area contributed by atoms with Gasteiger partial charge in [0, 0.05) is 66.6 Å². The van der Waals surface area contributed by atoms with Crippen molar-refractivity contribution in [3.05, 3.63) is 59.9 Å². The van der Waals surface area contributed by atoms with E-state index in [9.17, 15) is 29.1 Å². The van der Waals surface area contributed by atoms with Crippen molar-refractivity contribution in [3.63, 3.8) is 0 Å². The van der Waals surface area contributed by atoms with Gasteiger partial charge in [-0.05, 0) is 85.5 Å². The standard InChI is InChI=1S/C48H68N6O12/c1-11-35-48(8)40(53-46(60)66-48)28(4)37(56)26(2)22-47(7,65-45(59)50-19-13-15-32-24-51-42(52-25-32)33-16-17-33)41(64-44-38(57)34(54(9)10)20-27(3)61-44)29(5)39(30(6)43(58)62-35)63-36(55)21-31-14-12-18-49-23-31/h12-15,18,23-30,33-35,38-41,44,57H,11,16-17,19-22H2,1-10H3,(H,50,59)(H,53,60)/t26-,27-,28+,29+,30-,34+,35-,38-,39+,40-,41-,44+,47-,48-/m1/s1. The number of Topliss-reactive ketones (excluding diaryl/α,β-unsaturated/α-hetero) is 1. The van der Waals surface area contributed by atoms with Crippen molar-refractivity contribution < 1.29 is 57.5 Å². The number of nitrogens with zero attached hydrogens (tertiary/aromatic N) is 4. The molecule has 0 radical (unpaired) electrons. The van der Waals surface area contributed by atoms with Crippen LogP contribution in [0.3, 0.4) is 0 Å². The molecule has 0 aromatic carbocycles. The lowest BCUT2D eigenvalue weighted by Crippen LogP contribution is -2.61. The van der Waals surface area contributed by atoms with Crippen LogP contribution in [0.2, 0.25) is 0 Å². The first-order valence-electron chi connectivity index (χ1n) is 23.2. The Morgan fingerprint density at radius 2 is 1.76 bits per heavy atom. The van der Waals surface area contributed by atoms with Crippen LogP contribution in [0.4, 0.5) is 9.59 Å². The summed E-state index contributed by atoms with van der Waals surface area (Å²) in [4.78, 5) is 85.2. The lowest BCUT2D eigenvalue weighted by atomic mass is 9.73. The fourth-order valence-corrected chi connectivity index (χ4v) is 9.87. The van der Waals surface area contributed by atoms with Crippen LogP contribution >= 0.6 is 0 Å². The quantitative estimate of drug-likeness (QED) is 0.190. The zero-order valence-corrected chi connectivity index (χ0v) is 39.8. The predicted octanol–water partition coefficient (Wildman–Crippen LogP) is 4.92. The number of fused-ring (bicyclic) bond motifs is 1. The predicted molar refractivity (Wildman–Crippen MR) is 239 cm³/mol. The number of hydrogen-bond acceptors (Lipinski definition) is 16. The number of aliphatic hydroxyl groups is 1. The lowest BCUT2D eigenvalue weighted by molar-refractivity contribution is -0.298. The lowest BCUT2D eigenvalue weighted by Gasteiger charge is -2.48. The molecule has 18 heteroatoms. The van der Waals surface area contributed by atoms with Gasteiger partial charge in [0.2, 0.25) is 0 Å². The number of hydrogen-bond donors (Lipinski definition) is 3. The number of carbonyl (C=O) groups is 5. The zero-order chi connectivity index (χ0) is 48.1. The number of ether oxygens (including phenoxy) is 6. The van der Waals surface area contributed by atoms with Gasteiger partial charge >= 0.3 is 24.1 Å². The average Bonchev–Trinajstić information content (AvgIpc) is 4.08. The summed E-state index contributed by atoms with van der Waals surface area (Å²) >= 11 is 0. The first-order chi connectivity index (χ1) is 31.2. The maximum atomic E-state index is 14.7. The zero-order valence-electron chi connectivity index (χ0n) is 39.8. The molecule has 5 heterocycles. The summed E-state index contributed by atoms with van der Waals surface area (Å²) in [5, 5.41) is 17.4. The van der Waals surface area contributed by atoms with Crippen LogP contribution in [0.15, 0.2) is 43.0 Å². The number of aliphatic hydroxyl groups excluding tert-OH is 1. The van der Waals surface area contributed by atoms with Gasteiger partial charge in [-0.1, -0.05) is 45.9 Å². The highest BCUT2D eigenvalue weighted by atomic mass is 16.7. The number of cyclic esters (lactones) is 1. The number of likely N-dealkylation sites (N-methyl/N-ethyl adjacent to an activating group) is 1. The Bertz CT molecular complexity index is 2050. The highest BCUT2D eigenvalue weighted by Crippen LogP contribution is 2.42. The number of aromatic nitrogens is 3. The summed E-state index contributed by atoms with van der Waals surface area (Å²) in [5.74, 6) is -4.52. The number of ketones is 1. The molecule has 0 bridgehead atoms. The molecule has 1 aliphatic carbocycles. The van der Waals surface area contributed by atoms with E-state index in [1.54, 1.807) is 91.3 Å². The molecule has 4 fully saturated rings. The molecule has 3 N–H and O–H groups in total. The number of rotatable bonds is 12. The first-order valence-corrected chi connectivity index (χ1v) is 23.2. The summed E-state index contributed by atoms with van der Waals surface area (Å²) in [6.07, 6.45) is 4.35. The maximum absolute atomic E-state index is 14.7. The molecule has 3 aliphatic heterocycles. The second-order valence-electron chi connectivity index (χ2n) is 19.2. The number of nitrogens with one attached hydrogen (secondary N) is 2. The molecule has 3 saturated heterocycles. The summed E-state index contributed by atoms with van der Waals surface area (Å²) in [6, 6.07) is 2.07. The second-order valence-corrected chi connectivity index (χ2v) is 19.2. The van der Waals surface area contributed by atoms with Crippen molar-refractivity contribution in [2.45, 2.75) is 160 Å². The molecule has 1 saturated carbocycles. The van der Waals surface area contributed by atoms with E-state index in [1.807, 2.05) is 25.9 Å². The molecule has 18 nitrogen and oxygen atoms in total. The molecule has 2 aromatic heterocycles. The normalized spacial score (nSPS) is 35.5. The molecule has 2 aromatic rings. The molecule has 4 aliphatic rings. The summed E-state index contributed by atoms with van der Waals surface area (Å²) < 4.78 is 37.9. The molecule has 2 amide bonds. The molecular weight excluding hydrogens is 853 g/mol. The van der Waals surface area contributed by atoms with E-state index in [0.29, 0.717) is 17.9 Å². The minimum absolute atomic E-state index is 0.0361. The minimum Gasteiger partial charge on any atom is -0.461 e. The van der Waals surface area contributed by atoms with Crippen LogP contribution in [0.25, 0.3) is 6.08 Å². The topological polar surface area (TPSA) is 227 Å². The van der Waals surface area contributed by atoms with Gasteiger partial charge in [-0.2, -0.15) is 0 Å². The Morgan fingerprint density at radius 1 is 1.05 bits per heavy atom. The maximum Gasteiger partial charge on any atom is 0.408 e. The Labute approximate surface area is 387 Å². The van der Waals surface area contributed by atoms with Crippen LogP contribution in [0.5, 0.6) is 0 Å². The fourth-order valence-electron chi connectivity index (χ4n) is 9.87. The van der Waals surface area contributed by atoms with E-state index < -0.39 is 102 Å². The van der Waals surface area contributed by atoms with Gasteiger partial charge < -0.3 is 49.1 Å². The van der Waals surface area contributed by atoms with Crippen LogP contribution in [0, 0.1) is 23.7 Å². The van der Waals surface area contributed by atoms with Gasteiger partial charge in [-0.25, -0.2) is 19.6 Å². The minimum atomic E-state index is -1.77. The molecule has 0 spiro atoms. The third kappa shape index (κ3) is 11.7. The first kappa shape index (κ1) is 50.4. The number of amides is 2. The molecule has 362 valence electrons. The Morgan fingerprint density at radius 3 is 2.39 bits per heavy atom. The van der Waals surface area contributed by atoms with E-state index in [-0.39, 0.29) is 37.7 Å². The smallest absolute Gasteiger partial charge is 0.408 e. The van der Waals surface area contributed by atoms with Gasteiger partial charge in [0.25, 0.3) is 0 Å². The monoisotopic (exact) mass is 920 g/mol. The van der Waals surface area contributed by atoms with E-state index >= 15 is 0 Å². The Kier molecular flexibility index (Phi) is 16.2. The third-order valence-corrected chi connectivity index (χ3v) is 13.6. The van der Waals surface area contributed by atoms with Gasteiger partial charge in [-0.3, -0.25) is 19.4 Å². The van der Waals surface area contributed by atoms with E-state index in [1.165, 1.54) is 6.20 Å². The molecular formula is C48H68N6O12. The molecule has 14 atom stereocenters. The molecule has 6 rings (SSSR count). The van der Waals surface area contributed by atoms with E-state index in [4.69, 9.17) is 28.4 Å². The van der Waals surface area contributed by atoms with Crippen molar-refractivity contribution in [3.8, 4) is 0 Å². The van der Waals surface area contributed by atoms with Gasteiger partial charge in [0.1, 0.15) is 41.6 Å². The van der Waals surface area contributed by atoms with Crippen molar-refractivity contribution in [1.82, 2.24) is 30.5 Å². The largest absolute Gasteiger partial charge is 0.461 e. The second kappa shape index (κ2) is 21.3. The molecule has 0 unspecified atom stereocenters. The van der Waals surface area contributed by atoms with Crippen LogP contribution < -0.4 is 10.6 Å². The SMILES string of the molecule is CC[C@H]1OC(=O)[C@H](C)[C@@H](OC(=O)Cc2cccnc2)[C@H](C)[C@@H](O[C@@H]2O[C@H](C)C[C@H](N(C)C)[C@H]2O)[C@](C)(OC(=O)NCC=Cc2cnc(C3CC3)nc2)C[C@@H](C)C(=O)[C@H](C)[C@H]2NC(=O)O[C@@]21C. The van der Waals surface area contributed by atoms with Crippen LogP contribution in [-0.2, 0) is 49.2 Å². The highest BCUT2D eigenvalue weighted by Gasteiger charge is 2.58. The van der Waals surface area contributed by atoms with Crippen molar-refractivity contribution in [2.75, 3.05) is 20.6 Å². The van der Waals surface area contributed by atoms with Crippen molar-refractivity contribution in [1.29, 1.82) is 0 Å². The van der Waals surface area contributed by atoms with Gasteiger partial charge in [0.05, 0.1) is 24.5 Å². The number of pyridine rings is 1. The summed E-state index contributed by atoms with van der Waals surface area (Å²) in [7, 11) is 3.67.